The van der Waals surface area contributed by atoms with Crippen LogP contribution in [0, 0.1) is 5.92 Å². The van der Waals surface area contributed by atoms with E-state index in [1.54, 1.807) is 10.9 Å². The Morgan fingerprint density at radius 1 is 1.40 bits per heavy atom. The summed E-state index contributed by atoms with van der Waals surface area (Å²) in [6.45, 7) is 1.40. The number of likely N-dealkylation sites (tertiary alicyclic amines) is 1. The molecule has 1 unspecified atom stereocenters. The van der Waals surface area contributed by atoms with Crippen molar-refractivity contribution in [3.8, 4) is 0 Å². The minimum atomic E-state index is -0.745. The molecule has 1 aromatic rings. The minimum absolute atomic E-state index is 0.106. The van der Waals surface area contributed by atoms with Crippen LogP contribution in [-0.4, -0.2) is 44.8 Å². The van der Waals surface area contributed by atoms with E-state index >= 15 is 0 Å². The molecule has 6 nitrogen and oxygen atoms in total. The van der Waals surface area contributed by atoms with Gasteiger partial charge in [-0.3, -0.25) is 14.3 Å². The lowest BCUT2D eigenvalue weighted by Gasteiger charge is -2.20. The zero-order valence-corrected chi connectivity index (χ0v) is 11.8. The maximum absolute atomic E-state index is 12.2. The van der Waals surface area contributed by atoms with Crippen molar-refractivity contribution in [3.05, 3.63) is 18.0 Å². The number of carboxylic acids is 1. The Morgan fingerprint density at radius 3 is 2.85 bits per heavy atom. The first-order chi connectivity index (χ1) is 9.54. The largest absolute Gasteiger partial charge is 0.481 e. The molecule has 1 aliphatic rings. The van der Waals surface area contributed by atoms with Crippen LogP contribution in [0.1, 0.15) is 31.2 Å². The van der Waals surface area contributed by atoms with E-state index in [0.29, 0.717) is 13.0 Å². The number of aromatic nitrogens is 2. The van der Waals surface area contributed by atoms with Gasteiger partial charge in [0.2, 0.25) is 5.91 Å². The van der Waals surface area contributed by atoms with Crippen molar-refractivity contribution in [2.75, 3.05) is 13.1 Å². The van der Waals surface area contributed by atoms with Gasteiger partial charge in [-0.05, 0) is 30.7 Å². The third kappa shape index (κ3) is 4.08. The van der Waals surface area contributed by atoms with Gasteiger partial charge in [-0.1, -0.05) is 0 Å². The lowest BCUT2D eigenvalue weighted by atomic mass is 9.97. The van der Waals surface area contributed by atoms with Gasteiger partial charge in [-0.25, -0.2) is 0 Å². The average Bonchev–Trinajstić information content (AvgIpc) is 2.64. The van der Waals surface area contributed by atoms with Crippen molar-refractivity contribution in [2.45, 2.75) is 32.1 Å². The van der Waals surface area contributed by atoms with Gasteiger partial charge in [0.1, 0.15) is 0 Å². The summed E-state index contributed by atoms with van der Waals surface area (Å²) in [5.41, 5.74) is 0.920. The summed E-state index contributed by atoms with van der Waals surface area (Å²) >= 11 is 0. The number of carbonyl (C=O) groups is 2. The number of rotatable bonds is 4. The van der Waals surface area contributed by atoms with Gasteiger partial charge >= 0.3 is 5.97 Å². The summed E-state index contributed by atoms with van der Waals surface area (Å²) in [5, 5.41) is 12.9. The van der Waals surface area contributed by atoms with E-state index in [1.807, 2.05) is 18.1 Å². The SMILES string of the molecule is Cn1cc(CC(=O)N2CCCC(CC(=O)O)CC2)cn1. The maximum atomic E-state index is 12.2. The van der Waals surface area contributed by atoms with E-state index in [1.165, 1.54) is 0 Å². The Labute approximate surface area is 118 Å². The Balaban J connectivity index is 1.86. The summed E-state index contributed by atoms with van der Waals surface area (Å²) in [5.74, 6) is -0.442. The third-order valence-electron chi connectivity index (χ3n) is 3.78. The van der Waals surface area contributed by atoms with E-state index in [-0.39, 0.29) is 18.2 Å². The fourth-order valence-corrected chi connectivity index (χ4v) is 2.72. The zero-order valence-electron chi connectivity index (χ0n) is 11.8. The predicted molar refractivity (Wildman–Crippen MR) is 73.1 cm³/mol. The fraction of sp³-hybridized carbons (Fsp3) is 0.643. The molecule has 2 rings (SSSR count). The van der Waals surface area contributed by atoms with E-state index in [2.05, 4.69) is 5.10 Å². The van der Waals surface area contributed by atoms with Gasteiger partial charge in [-0.15, -0.1) is 0 Å². The Hall–Kier alpha value is -1.85. The van der Waals surface area contributed by atoms with Crippen molar-refractivity contribution in [1.82, 2.24) is 14.7 Å². The molecule has 6 heteroatoms. The van der Waals surface area contributed by atoms with E-state index in [9.17, 15) is 9.59 Å². The summed E-state index contributed by atoms with van der Waals surface area (Å²) < 4.78 is 1.69. The molecule has 1 N–H and O–H groups in total. The quantitative estimate of drug-likeness (QED) is 0.894. The Bertz CT molecular complexity index is 484. The van der Waals surface area contributed by atoms with Crippen molar-refractivity contribution in [3.63, 3.8) is 0 Å². The van der Waals surface area contributed by atoms with Crippen LogP contribution in [0.2, 0.25) is 0 Å². The first-order valence-corrected chi connectivity index (χ1v) is 7.01. The number of hydrogen-bond acceptors (Lipinski definition) is 3. The number of aliphatic carboxylic acids is 1. The van der Waals surface area contributed by atoms with Crippen LogP contribution >= 0.6 is 0 Å². The molecule has 0 aromatic carbocycles. The molecule has 1 aromatic heterocycles. The number of carbonyl (C=O) groups excluding carboxylic acids is 1. The standard InChI is InChI=1S/C14H21N3O3/c1-16-10-12(9-15-16)7-13(18)17-5-2-3-11(4-6-17)8-14(19)20/h9-11H,2-8H2,1H3,(H,19,20). The number of amides is 1. The zero-order chi connectivity index (χ0) is 14.5. The second-order valence-electron chi connectivity index (χ2n) is 5.47. The van der Waals surface area contributed by atoms with Crippen molar-refractivity contribution < 1.29 is 14.7 Å². The molecule has 0 saturated carbocycles. The topological polar surface area (TPSA) is 75.4 Å². The van der Waals surface area contributed by atoms with Gasteiger partial charge < -0.3 is 10.0 Å². The third-order valence-corrected chi connectivity index (χ3v) is 3.78. The molecule has 20 heavy (non-hydrogen) atoms. The predicted octanol–water partition coefficient (Wildman–Crippen LogP) is 1.07. The summed E-state index contributed by atoms with van der Waals surface area (Å²) in [6.07, 6.45) is 6.71. The molecule has 1 aliphatic heterocycles. The van der Waals surface area contributed by atoms with Crippen LogP contribution in [0.25, 0.3) is 0 Å². The number of nitrogens with zero attached hydrogens (tertiary/aromatic N) is 3. The molecule has 1 amide bonds. The van der Waals surface area contributed by atoms with Crippen LogP contribution in [0.3, 0.4) is 0 Å². The monoisotopic (exact) mass is 279 g/mol. The molecule has 0 spiro atoms. The minimum Gasteiger partial charge on any atom is -0.481 e. The van der Waals surface area contributed by atoms with Crippen LogP contribution in [0.5, 0.6) is 0 Å². The van der Waals surface area contributed by atoms with Crippen LogP contribution in [0.4, 0.5) is 0 Å². The lowest BCUT2D eigenvalue weighted by molar-refractivity contribution is -0.138. The highest BCUT2D eigenvalue weighted by molar-refractivity contribution is 5.78. The first kappa shape index (κ1) is 14.6. The molecule has 2 heterocycles. The highest BCUT2D eigenvalue weighted by Gasteiger charge is 2.22. The van der Waals surface area contributed by atoms with E-state index in [4.69, 9.17) is 5.11 Å². The smallest absolute Gasteiger partial charge is 0.303 e. The molecular formula is C14H21N3O3. The summed E-state index contributed by atoms with van der Waals surface area (Å²) in [6, 6.07) is 0. The van der Waals surface area contributed by atoms with E-state index in [0.717, 1.165) is 31.4 Å². The average molecular weight is 279 g/mol. The highest BCUT2D eigenvalue weighted by Crippen LogP contribution is 2.21. The molecule has 0 bridgehead atoms. The van der Waals surface area contributed by atoms with Gasteiger partial charge in [-0.2, -0.15) is 5.10 Å². The Kier molecular flexibility index (Phi) is 4.76. The molecule has 0 aliphatic carbocycles. The van der Waals surface area contributed by atoms with Gasteiger partial charge in [0.05, 0.1) is 12.6 Å². The van der Waals surface area contributed by atoms with Gasteiger partial charge in [0.15, 0.2) is 0 Å². The highest BCUT2D eigenvalue weighted by atomic mass is 16.4. The van der Waals surface area contributed by atoms with Gasteiger partial charge in [0, 0.05) is 32.8 Å². The second-order valence-corrected chi connectivity index (χ2v) is 5.47. The van der Waals surface area contributed by atoms with Crippen LogP contribution in [-0.2, 0) is 23.1 Å². The number of hydrogen-bond donors (Lipinski definition) is 1. The van der Waals surface area contributed by atoms with Crippen molar-refractivity contribution >= 4 is 11.9 Å². The number of aryl methyl sites for hydroxylation is 1. The van der Waals surface area contributed by atoms with Crippen molar-refractivity contribution in [2.24, 2.45) is 13.0 Å². The molecule has 0 radical (unpaired) electrons. The molecular weight excluding hydrogens is 258 g/mol. The van der Waals surface area contributed by atoms with E-state index < -0.39 is 5.97 Å². The summed E-state index contributed by atoms with van der Waals surface area (Å²) in [4.78, 5) is 24.8. The van der Waals surface area contributed by atoms with Crippen molar-refractivity contribution in [1.29, 1.82) is 0 Å². The number of carboxylic acid groups (broad SMARTS) is 1. The van der Waals surface area contributed by atoms with Crippen LogP contribution in [0.15, 0.2) is 12.4 Å². The fourth-order valence-electron chi connectivity index (χ4n) is 2.72. The summed E-state index contributed by atoms with van der Waals surface area (Å²) in [7, 11) is 1.83. The van der Waals surface area contributed by atoms with Crippen LogP contribution < -0.4 is 0 Å². The second kappa shape index (κ2) is 6.54. The molecule has 110 valence electrons. The lowest BCUT2D eigenvalue weighted by Crippen LogP contribution is -2.33. The normalized spacial score (nSPS) is 19.6. The molecule has 1 fully saturated rings. The first-order valence-electron chi connectivity index (χ1n) is 7.01. The van der Waals surface area contributed by atoms with Gasteiger partial charge in [0.25, 0.3) is 0 Å². The molecule has 1 saturated heterocycles. The molecule has 1 atom stereocenters. The Morgan fingerprint density at radius 2 is 2.20 bits per heavy atom. The maximum Gasteiger partial charge on any atom is 0.303 e.